The van der Waals surface area contributed by atoms with E-state index in [0.29, 0.717) is 0 Å². The monoisotopic (exact) mass is 398 g/mol. The first-order valence-electron chi connectivity index (χ1n) is 2.00. The Morgan fingerprint density at radius 2 is 0.444 bits per heavy atom. The Morgan fingerprint density at radius 1 is 0.444 bits per heavy atom. The molecule has 0 aromatic carbocycles. The summed E-state index contributed by atoms with van der Waals surface area (Å²) < 4.78 is 102. The van der Waals surface area contributed by atoms with Crippen molar-refractivity contribution in [2.45, 2.75) is 0 Å². The second-order valence-corrected chi connectivity index (χ2v) is 3.67. The summed E-state index contributed by atoms with van der Waals surface area (Å²) in [6.07, 6.45) is 0. The summed E-state index contributed by atoms with van der Waals surface area (Å²) >= 11 is 0. The molecule has 12 nitrogen and oxygen atoms in total. The molecule has 0 radical (unpaired) electrons. The van der Waals surface area contributed by atoms with Crippen LogP contribution >= 0.6 is 0 Å². The normalized spacial score (nSPS) is 9.67. The molecule has 0 amide bonds. The van der Waals surface area contributed by atoms with Crippen LogP contribution in [0, 0.1) is 0 Å². The first-order valence-corrected chi connectivity index (χ1v) is 6.00. The zero-order valence-electron chi connectivity index (χ0n) is 7.63. The molecule has 0 unspecified atom stereocenters. The number of rotatable bonds is 0. The van der Waals surface area contributed by atoms with Gasteiger partial charge in [0, 0.05) is 48.3 Å². The van der Waals surface area contributed by atoms with Crippen LogP contribution in [-0.4, -0.2) is 87.3 Å². The van der Waals surface area contributed by atoms with Gasteiger partial charge in [-0.25, -0.2) is 0 Å². The number of hydrogen-bond donors (Lipinski definition) is 0. The van der Waals surface area contributed by atoms with Crippen molar-refractivity contribution in [3.05, 3.63) is 0 Å². The van der Waals surface area contributed by atoms with E-state index in [4.69, 9.17) is 52.6 Å². The second kappa shape index (κ2) is 14.6. The molecule has 0 fully saturated rings. The third-order valence-electron chi connectivity index (χ3n) is 0. The number of hydrogen-bond acceptors (Lipinski definition) is 12. The molecule has 0 aliphatic carbocycles. The van der Waals surface area contributed by atoms with E-state index in [1.165, 1.54) is 0 Å². The van der Waals surface area contributed by atoms with E-state index in [0.717, 1.165) is 0 Å². The van der Waals surface area contributed by atoms with Crippen molar-refractivity contribution >= 4 is 65.9 Å². The molecular formula is Al2FeO12S3. The minimum Gasteiger partial charge on any atom is -0.759 e. The average molecular weight is 398 g/mol. The first-order chi connectivity index (χ1) is 6.00. The summed E-state index contributed by atoms with van der Waals surface area (Å²) in [5.74, 6) is 0. The topological polar surface area (TPSA) is 241 Å². The Morgan fingerprint density at radius 3 is 0.444 bits per heavy atom. The van der Waals surface area contributed by atoms with Gasteiger partial charge < -0.3 is 27.3 Å². The second-order valence-electron chi connectivity index (χ2n) is 1.22. The van der Waals surface area contributed by atoms with Crippen LogP contribution in [0.15, 0.2) is 0 Å². The predicted octanol–water partition coefficient (Wildman–Crippen LogP) is -4.78. The van der Waals surface area contributed by atoms with Gasteiger partial charge in [-0.1, -0.05) is 0 Å². The van der Waals surface area contributed by atoms with Crippen LogP contribution in [0.3, 0.4) is 0 Å². The van der Waals surface area contributed by atoms with Crippen molar-refractivity contribution in [3.8, 4) is 0 Å². The van der Waals surface area contributed by atoms with Crippen molar-refractivity contribution in [1.29, 1.82) is 0 Å². The summed E-state index contributed by atoms with van der Waals surface area (Å²) in [7, 11) is -15.5. The Hall–Kier alpha value is 1.19. The smallest absolute Gasteiger partial charge is 0.759 e. The Balaban J connectivity index is -0.0000000277. The summed E-state index contributed by atoms with van der Waals surface area (Å²) in [6.45, 7) is 0. The molecule has 18 heavy (non-hydrogen) atoms. The van der Waals surface area contributed by atoms with Crippen LogP contribution < -0.4 is 0 Å². The van der Waals surface area contributed by atoms with Gasteiger partial charge in [0.05, 0.1) is 0 Å². The van der Waals surface area contributed by atoms with Crippen LogP contribution in [0.25, 0.3) is 0 Å². The van der Waals surface area contributed by atoms with Crippen molar-refractivity contribution in [2.75, 3.05) is 0 Å². The maximum atomic E-state index is 8.52. The van der Waals surface area contributed by atoms with Gasteiger partial charge >= 0.3 is 34.7 Å². The Labute approximate surface area is 135 Å². The molecule has 0 aliphatic rings. The molecule has 0 aliphatic heterocycles. The Kier molecular flexibility index (Phi) is 29.6. The predicted molar refractivity (Wildman–Crippen MR) is 42.9 cm³/mol. The van der Waals surface area contributed by atoms with Crippen molar-refractivity contribution in [1.82, 2.24) is 0 Å². The van der Waals surface area contributed by atoms with Gasteiger partial charge in [0.1, 0.15) is 0 Å². The van der Waals surface area contributed by atoms with Gasteiger partial charge in [-0.2, -0.15) is 0 Å². The molecule has 0 N–H and O–H groups in total. The average Bonchev–Trinajstić information content (AvgIpc) is 1.41. The van der Waals surface area contributed by atoms with Gasteiger partial charge in [0.25, 0.3) is 0 Å². The van der Waals surface area contributed by atoms with Crippen LogP contribution in [0.2, 0.25) is 0 Å². The standard InChI is InChI=1S/2Al.Fe.3H2O4S/c;;;3*1-5(2,3)4/h;;;3*(H2,1,2,3,4)/q2*+3;;;;/p-6. The zero-order chi connectivity index (χ0) is 13.5. The minimum atomic E-state index is -5.17. The van der Waals surface area contributed by atoms with Gasteiger partial charge in [-0.15, -0.1) is 0 Å². The maximum absolute atomic E-state index is 8.52. The SMILES string of the molecule is O=S(=O)([O-])[O-].O=S(=O)([O-])[O-].O=S(=O)([O-])[O-].[Al+3].[Al+3].[Fe]. The summed E-state index contributed by atoms with van der Waals surface area (Å²) in [6, 6.07) is 0. The van der Waals surface area contributed by atoms with Crippen LogP contribution in [0.1, 0.15) is 0 Å². The van der Waals surface area contributed by atoms with Crippen LogP contribution in [0.4, 0.5) is 0 Å². The molecule has 0 heterocycles. The fourth-order valence-electron chi connectivity index (χ4n) is 0. The molecule has 0 rings (SSSR count). The quantitative estimate of drug-likeness (QED) is 0.212. The molecule has 0 spiro atoms. The largest absolute Gasteiger partial charge is 3.00 e. The third-order valence-corrected chi connectivity index (χ3v) is 0. The fourth-order valence-corrected chi connectivity index (χ4v) is 0. The molecule has 0 aromatic heterocycles. The van der Waals surface area contributed by atoms with E-state index in [2.05, 4.69) is 0 Å². The van der Waals surface area contributed by atoms with Gasteiger partial charge in [0.2, 0.25) is 0 Å². The summed E-state index contributed by atoms with van der Waals surface area (Å²) in [5.41, 5.74) is 0. The molecule has 0 saturated carbocycles. The van der Waals surface area contributed by atoms with E-state index < -0.39 is 31.2 Å². The third kappa shape index (κ3) is 3160. The van der Waals surface area contributed by atoms with E-state index in [-0.39, 0.29) is 51.8 Å². The van der Waals surface area contributed by atoms with E-state index in [1.807, 2.05) is 0 Å². The zero-order valence-corrected chi connectivity index (χ0v) is 13.5. The molecule has 0 bridgehead atoms. The first kappa shape index (κ1) is 36.5. The molecule has 0 saturated heterocycles. The van der Waals surface area contributed by atoms with Crippen molar-refractivity contribution < 1.29 is 69.6 Å². The maximum Gasteiger partial charge on any atom is 3.00 e. The molecule has 0 aromatic rings. The van der Waals surface area contributed by atoms with E-state index >= 15 is 0 Å². The fraction of sp³-hybridized carbons (Fsp3) is 0. The van der Waals surface area contributed by atoms with Crippen LogP contribution in [-0.2, 0) is 48.3 Å². The van der Waals surface area contributed by atoms with Crippen molar-refractivity contribution in [2.24, 2.45) is 0 Å². The minimum absolute atomic E-state index is 0. The van der Waals surface area contributed by atoms with Gasteiger partial charge in [-0.3, -0.25) is 25.3 Å². The summed E-state index contributed by atoms with van der Waals surface area (Å²) in [5, 5.41) is 0. The van der Waals surface area contributed by atoms with E-state index in [1.54, 1.807) is 0 Å². The molecule has 18 heteroatoms. The van der Waals surface area contributed by atoms with Crippen LogP contribution in [0.5, 0.6) is 0 Å². The molecular weight excluding hydrogens is 398 g/mol. The van der Waals surface area contributed by atoms with Gasteiger partial charge in [0.15, 0.2) is 0 Å². The van der Waals surface area contributed by atoms with E-state index in [9.17, 15) is 0 Å². The summed E-state index contributed by atoms with van der Waals surface area (Å²) in [4.78, 5) is 0. The van der Waals surface area contributed by atoms with Crippen molar-refractivity contribution in [3.63, 3.8) is 0 Å². The molecule has 0 atom stereocenters. The Bertz CT molecular complexity index is 346. The molecule has 104 valence electrons. The van der Waals surface area contributed by atoms with Gasteiger partial charge in [-0.05, 0) is 0 Å².